The third kappa shape index (κ3) is 4.12. The van der Waals surface area contributed by atoms with Crippen LogP contribution in [0.3, 0.4) is 0 Å². The molecule has 1 aromatic rings. The molecule has 1 aliphatic heterocycles. The predicted molar refractivity (Wildman–Crippen MR) is 88.4 cm³/mol. The summed E-state index contributed by atoms with van der Waals surface area (Å²) in [6.07, 6.45) is 1.75. The fourth-order valence-corrected chi connectivity index (χ4v) is 2.76. The van der Waals surface area contributed by atoms with Crippen LogP contribution >= 0.6 is 23.2 Å². The van der Waals surface area contributed by atoms with E-state index in [1.807, 2.05) is 0 Å². The van der Waals surface area contributed by atoms with E-state index in [1.54, 1.807) is 19.2 Å². The summed E-state index contributed by atoms with van der Waals surface area (Å²) in [5.41, 5.74) is 0.449. The lowest BCUT2D eigenvalue weighted by molar-refractivity contribution is -0.144. The van der Waals surface area contributed by atoms with Crippen LogP contribution in [-0.4, -0.2) is 54.8 Å². The number of likely N-dealkylation sites (N-methyl/N-ethyl adjacent to an activating group) is 1. The molecule has 0 atom stereocenters. The summed E-state index contributed by atoms with van der Waals surface area (Å²) in [4.78, 5) is 28.0. The summed E-state index contributed by atoms with van der Waals surface area (Å²) in [6.45, 7) is 1.85. The largest absolute Gasteiger partial charge is 0.334 e. The van der Waals surface area contributed by atoms with Gasteiger partial charge >= 0.3 is 11.8 Å². The van der Waals surface area contributed by atoms with Crippen molar-refractivity contribution in [1.82, 2.24) is 9.80 Å². The van der Waals surface area contributed by atoms with Gasteiger partial charge in [0.25, 0.3) is 0 Å². The van der Waals surface area contributed by atoms with Crippen molar-refractivity contribution in [2.75, 3.05) is 32.5 Å². The summed E-state index contributed by atoms with van der Waals surface area (Å²) in [5.74, 6) is -1.21. The van der Waals surface area contributed by atoms with Crippen LogP contribution in [0.15, 0.2) is 18.2 Å². The van der Waals surface area contributed by atoms with Crippen molar-refractivity contribution in [2.45, 2.75) is 18.9 Å². The Morgan fingerprint density at radius 1 is 1.23 bits per heavy atom. The van der Waals surface area contributed by atoms with Crippen LogP contribution in [0.5, 0.6) is 0 Å². The maximum atomic E-state index is 12.2. The highest BCUT2D eigenvalue weighted by Crippen LogP contribution is 2.25. The number of benzene rings is 1. The molecule has 0 radical (unpaired) electrons. The molecule has 1 heterocycles. The van der Waals surface area contributed by atoms with Crippen LogP contribution in [0, 0.1) is 0 Å². The molecule has 0 bridgehead atoms. The fourth-order valence-electron chi connectivity index (χ4n) is 2.47. The van der Waals surface area contributed by atoms with E-state index in [2.05, 4.69) is 17.3 Å². The molecular formula is C15H19Cl2N3O2. The quantitative estimate of drug-likeness (QED) is 0.839. The van der Waals surface area contributed by atoms with Gasteiger partial charge in [-0.05, 0) is 51.2 Å². The molecule has 5 nitrogen and oxygen atoms in total. The minimum Gasteiger partial charge on any atom is -0.334 e. The third-order valence-corrected chi connectivity index (χ3v) is 4.67. The highest BCUT2D eigenvalue weighted by Gasteiger charge is 2.27. The normalized spacial score (nSPS) is 16.4. The zero-order valence-electron chi connectivity index (χ0n) is 12.6. The van der Waals surface area contributed by atoms with E-state index in [9.17, 15) is 9.59 Å². The molecule has 0 aliphatic carbocycles. The van der Waals surface area contributed by atoms with Crippen molar-refractivity contribution in [3.05, 3.63) is 28.2 Å². The van der Waals surface area contributed by atoms with E-state index in [4.69, 9.17) is 23.2 Å². The topological polar surface area (TPSA) is 52.7 Å². The van der Waals surface area contributed by atoms with Gasteiger partial charge in [-0.2, -0.15) is 0 Å². The van der Waals surface area contributed by atoms with Gasteiger partial charge in [0.1, 0.15) is 0 Å². The Hall–Kier alpha value is -1.30. The van der Waals surface area contributed by atoms with Crippen molar-refractivity contribution in [3.63, 3.8) is 0 Å². The number of nitrogens with zero attached hydrogens (tertiary/aromatic N) is 2. The van der Waals surface area contributed by atoms with Crippen molar-refractivity contribution in [3.8, 4) is 0 Å². The SMILES string of the molecule is CN1CCC(N(C)C(=O)C(=O)Nc2ccc(Cl)c(Cl)c2)CC1. The number of amides is 2. The zero-order chi connectivity index (χ0) is 16.3. The molecule has 1 fully saturated rings. The Bertz CT molecular complexity index is 572. The van der Waals surface area contributed by atoms with Gasteiger partial charge in [-0.15, -0.1) is 0 Å². The summed E-state index contributed by atoms with van der Waals surface area (Å²) in [5, 5.41) is 3.28. The zero-order valence-corrected chi connectivity index (χ0v) is 14.1. The summed E-state index contributed by atoms with van der Waals surface area (Å²) in [6, 6.07) is 4.80. The van der Waals surface area contributed by atoms with Gasteiger partial charge in [0, 0.05) is 18.8 Å². The van der Waals surface area contributed by atoms with Gasteiger partial charge in [0.05, 0.1) is 10.0 Å². The first-order valence-electron chi connectivity index (χ1n) is 7.10. The van der Waals surface area contributed by atoms with Crippen LogP contribution in [-0.2, 0) is 9.59 Å². The van der Waals surface area contributed by atoms with E-state index in [1.165, 1.54) is 11.0 Å². The van der Waals surface area contributed by atoms with Crippen LogP contribution in [0.4, 0.5) is 5.69 Å². The third-order valence-electron chi connectivity index (χ3n) is 3.93. The number of likely N-dealkylation sites (tertiary alicyclic amines) is 1. The van der Waals surface area contributed by atoms with Gasteiger partial charge in [0.2, 0.25) is 0 Å². The molecule has 0 saturated carbocycles. The number of halogens is 2. The monoisotopic (exact) mass is 343 g/mol. The van der Waals surface area contributed by atoms with Gasteiger partial charge < -0.3 is 15.1 Å². The van der Waals surface area contributed by atoms with Gasteiger partial charge in [-0.25, -0.2) is 0 Å². The summed E-state index contributed by atoms with van der Waals surface area (Å²) < 4.78 is 0. The predicted octanol–water partition coefficient (Wildman–Crippen LogP) is 2.48. The molecule has 1 N–H and O–H groups in total. The van der Waals surface area contributed by atoms with Crippen LogP contribution in [0.25, 0.3) is 0 Å². The Morgan fingerprint density at radius 3 is 2.45 bits per heavy atom. The molecule has 0 spiro atoms. The van der Waals surface area contributed by atoms with E-state index < -0.39 is 11.8 Å². The Kier molecular flexibility index (Phi) is 5.67. The maximum absolute atomic E-state index is 12.2. The van der Waals surface area contributed by atoms with E-state index in [0.717, 1.165) is 25.9 Å². The molecule has 2 amide bonds. The summed E-state index contributed by atoms with van der Waals surface area (Å²) >= 11 is 11.7. The molecule has 1 aromatic carbocycles. The van der Waals surface area contributed by atoms with E-state index in [0.29, 0.717) is 15.7 Å². The average Bonchev–Trinajstić information content (AvgIpc) is 2.50. The molecule has 22 heavy (non-hydrogen) atoms. The molecular weight excluding hydrogens is 325 g/mol. The van der Waals surface area contributed by atoms with Crippen molar-refractivity contribution < 1.29 is 9.59 Å². The second-order valence-electron chi connectivity index (χ2n) is 5.53. The second kappa shape index (κ2) is 7.31. The molecule has 0 unspecified atom stereocenters. The first-order valence-corrected chi connectivity index (χ1v) is 7.86. The standard InChI is InChI=1S/C15H19Cl2N3O2/c1-19-7-5-11(6-8-19)20(2)15(22)14(21)18-10-3-4-12(16)13(17)9-10/h3-4,9,11H,5-8H2,1-2H3,(H,18,21). The van der Waals surface area contributed by atoms with Crippen molar-refractivity contribution in [2.24, 2.45) is 0 Å². The Balaban J connectivity index is 1.96. The number of nitrogens with one attached hydrogen (secondary N) is 1. The molecule has 2 rings (SSSR count). The summed E-state index contributed by atoms with van der Waals surface area (Å²) in [7, 11) is 3.72. The number of carbonyl (C=O) groups is 2. The Labute approximate surface area is 140 Å². The lowest BCUT2D eigenvalue weighted by atomic mass is 10.0. The minimum atomic E-state index is -0.667. The first kappa shape index (κ1) is 17.1. The lowest BCUT2D eigenvalue weighted by Gasteiger charge is -2.34. The van der Waals surface area contributed by atoms with Gasteiger partial charge in [-0.1, -0.05) is 23.2 Å². The number of rotatable bonds is 2. The number of piperidine rings is 1. The lowest BCUT2D eigenvalue weighted by Crippen LogP contribution is -2.47. The number of hydrogen-bond donors (Lipinski definition) is 1. The molecule has 0 aromatic heterocycles. The molecule has 7 heteroatoms. The fraction of sp³-hybridized carbons (Fsp3) is 0.467. The second-order valence-corrected chi connectivity index (χ2v) is 6.35. The van der Waals surface area contributed by atoms with E-state index >= 15 is 0 Å². The van der Waals surface area contributed by atoms with Crippen LogP contribution < -0.4 is 5.32 Å². The van der Waals surface area contributed by atoms with E-state index in [-0.39, 0.29) is 6.04 Å². The number of hydrogen-bond acceptors (Lipinski definition) is 3. The van der Waals surface area contributed by atoms with Crippen molar-refractivity contribution in [1.29, 1.82) is 0 Å². The number of carbonyl (C=O) groups excluding carboxylic acids is 2. The van der Waals surface area contributed by atoms with Gasteiger partial charge in [-0.3, -0.25) is 9.59 Å². The molecule has 1 saturated heterocycles. The maximum Gasteiger partial charge on any atom is 0.313 e. The number of anilines is 1. The molecule has 120 valence electrons. The van der Waals surface area contributed by atoms with Crippen LogP contribution in [0.1, 0.15) is 12.8 Å². The smallest absolute Gasteiger partial charge is 0.313 e. The first-order chi connectivity index (χ1) is 10.4. The highest BCUT2D eigenvalue weighted by molar-refractivity contribution is 6.42. The minimum absolute atomic E-state index is 0.100. The highest BCUT2D eigenvalue weighted by atomic mass is 35.5. The van der Waals surface area contributed by atoms with Crippen LogP contribution in [0.2, 0.25) is 10.0 Å². The van der Waals surface area contributed by atoms with Gasteiger partial charge in [0.15, 0.2) is 0 Å². The molecule has 1 aliphatic rings. The average molecular weight is 344 g/mol. The van der Waals surface area contributed by atoms with Crippen molar-refractivity contribution >= 4 is 40.7 Å². The Morgan fingerprint density at radius 2 is 1.86 bits per heavy atom.